The first kappa shape index (κ1) is 20.6. The summed E-state index contributed by atoms with van der Waals surface area (Å²) in [6.07, 6.45) is 3.76. The molecular formula is C25H24FN5O3. The van der Waals surface area contributed by atoms with E-state index in [0.29, 0.717) is 26.2 Å². The number of halogens is 1. The Kier molecular flexibility index (Phi) is 4.90. The van der Waals surface area contributed by atoms with Gasteiger partial charge in [0.05, 0.1) is 12.2 Å². The van der Waals surface area contributed by atoms with E-state index in [1.165, 1.54) is 12.1 Å². The maximum absolute atomic E-state index is 13.6. The fraction of sp³-hybridized carbons (Fsp3) is 0.280. The average molecular weight is 461 g/mol. The molecule has 2 amide bonds. The van der Waals surface area contributed by atoms with Crippen LogP contribution in [0.1, 0.15) is 18.5 Å². The quantitative estimate of drug-likeness (QED) is 0.577. The van der Waals surface area contributed by atoms with Crippen molar-refractivity contribution in [2.75, 3.05) is 42.8 Å². The average Bonchev–Trinajstić information content (AvgIpc) is 3.53. The molecule has 6 rings (SSSR count). The van der Waals surface area contributed by atoms with E-state index in [9.17, 15) is 9.18 Å². The van der Waals surface area contributed by atoms with Crippen LogP contribution in [0.3, 0.4) is 0 Å². The molecule has 2 aromatic carbocycles. The highest BCUT2D eigenvalue weighted by molar-refractivity contribution is 5.95. The zero-order chi connectivity index (χ0) is 23.2. The number of urea groups is 1. The number of carbonyl (C=O) groups excluding carboxylic acids is 1. The van der Waals surface area contributed by atoms with E-state index in [4.69, 9.17) is 9.47 Å². The van der Waals surface area contributed by atoms with E-state index in [1.54, 1.807) is 23.2 Å². The van der Waals surface area contributed by atoms with Crippen molar-refractivity contribution in [2.24, 2.45) is 0 Å². The lowest BCUT2D eigenvalue weighted by Crippen LogP contribution is -2.53. The molecule has 3 aromatic rings. The normalized spacial score (nSPS) is 19.2. The molecule has 0 N–H and O–H groups in total. The molecular weight excluding hydrogens is 437 g/mol. The van der Waals surface area contributed by atoms with Crippen LogP contribution in [-0.2, 0) is 0 Å². The van der Waals surface area contributed by atoms with Gasteiger partial charge in [-0.1, -0.05) is 6.07 Å². The van der Waals surface area contributed by atoms with Gasteiger partial charge in [-0.15, -0.1) is 0 Å². The number of hydrogen-bond donors (Lipinski definition) is 0. The van der Waals surface area contributed by atoms with Crippen LogP contribution in [0.5, 0.6) is 11.5 Å². The standard InChI is InChI=1S/C25H24FN5O3/c1-17-14-21(18-2-7-22-23(15-18)34-16-33-22)31-24(8-9-27-31)30(17)25(32)29-12-10-28(11-13-29)20-5-3-19(26)4-6-20/h2-9,14-15,21H,10-13,16H2,1H3. The van der Waals surface area contributed by atoms with Crippen molar-refractivity contribution >= 4 is 17.5 Å². The van der Waals surface area contributed by atoms with Crippen LogP contribution in [0.4, 0.5) is 20.7 Å². The van der Waals surface area contributed by atoms with Crippen LogP contribution in [0, 0.1) is 5.82 Å². The van der Waals surface area contributed by atoms with Gasteiger partial charge in [-0.2, -0.15) is 5.10 Å². The van der Waals surface area contributed by atoms with Crippen LogP contribution < -0.4 is 19.3 Å². The lowest BCUT2D eigenvalue weighted by Gasteiger charge is -2.40. The molecule has 0 radical (unpaired) electrons. The van der Waals surface area contributed by atoms with Gasteiger partial charge in [-0.05, 0) is 55.0 Å². The summed E-state index contributed by atoms with van der Waals surface area (Å²) in [6.45, 7) is 4.71. The zero-order valence-electron chi connectivity index (χ0n) is 18.7. The summed E-state index contributed by atoms with van der Waals surface area (Å²) in [5.41, 5.74) is 2.82. The molecule has 0 saturated carbocycles. The number of aromatic nitrogens is 2. The van der Waals surface area contributed by atoms with E-state index in [2.05, 4.69) is 10.00 Å². The molecule has 0 bridgehead atoms. The Hall–Kier alpha value is -4.01. The molecule has 1 fully saturated rings. The van der Waals surface area contributed by atoms with Gasteiger partial charge in [0.15, 0.2) is 11.5 Å². The lowest BCUT2D eigenvalue weighted by molar-refractivity contribution is 0.174. The maximum atomic E-state index is 13.6. The summed E-state index contributed by atoms with van der Waals surface area (Å²) in [6, 6.07) is 14.0. The summed E-state index contributed by atoms with van der Waals surface area (Å²) >= 11 is 0. The molecule has 8 nitrogen and oxygen atoms in total. The number of benzene rings is 2. The van der Waals surface area contributed by atoms with Gasteiger partial charge in [-0.25, -0.2) is 13.9 Å². The SMILES string of the molecule is CC1=CC(c2ccc3c(c2)OCO3)n2nccc2N1C(=O)N1CCN(c2ccc(F)cc2)CC1. The number of rotatable bonds is 2. The van der Waals surface area contributed by atoms with Crippen molar-refractivity contribution in [1.29, 1.82) is 0 Å². The molecule has 0 spiro atoms. The van der Waals surface area contributed by atoms with E-state index in [1.807, 2.05) is 46.8 Å². The van der Waals surface area contributed by atoms with E-state index >= 15 is 0 Å². The van der Waals surface area contributed by atoms with Gasteiger partial charge < -0.3 is 19.3 Å². The Balaban J connectivity index is 1.21. The van der Waals surface area contributed by atoms with E-state index in [0.717, 1.165) is 34.3 Å². The first-order chi connectivity index (χ1) is 16.6. The zero-order valence-corrected chi connectivity index (χ0v) is 18.7. The Morgan fingerprint density at radius 3 is 2.56 bits per heavy atom. The summed E-state index contributed by atoms with van der Waals surface area (Å²) in [5, 5.41) is 4.53. The number of carbonyl (C=O) groups is 1. The maximum Gasteiger partial charge on any atom is 0.330 e. The monoisotopic (exact) mass is 461 g/mol. The molecule has 9 heteroatoms. The van der Waals surface area contributed by atoms with Crippen molar-refractivity contribution in [1.82, 2.24) is 14.7 Å². The second kappa shape index (κ2) is 8.09. The number of anilines is 2. The van der Waals surface area contributed by atoms with E-state index in [-0.39, 0.29) is 24.7 Å². The van der Waals surface area contributed by atoms with Crippen molar-refractivity contribution < 1.29 is 18.7 Å². The Labute approximate surface area is 196 Å². The third-order valence-corrected chi connectivity index (χ3v) is 6.57. The summed E-state index contributed by atoms with van der Waals surface area (Å²) in [5.74, 6) is 1.93. The Morgan fingerprint density at radius 2 is 1.76 bits per heavy atom. The van der Waals surface area contributed by atoms with Crippen molar-refractivity contribution in [3.05, 3.63) is 77.9 Å². The molecule has 34 heavy (non-hydrogen) atoms. The fourth-order valence-corrected chi connectivity index (χ4v) is 4.79. The van der Waals surface area contributed by atoms with Crippen LogP contribution in [0.2, 0.25) is 0 Å². The summed E-state index contributed by atoms with van der Waals surface area (Å²) in [4.78, 5) is 19.3. The smallest absolute Gasteiger partial charge is 0.330 e. The lowest BCUT2D eigenvalue weighted by atomic mass is 10.0. The summed E-state index contributed by atoms with van der Waals surface area (Å²) in [7, 11) is 0. The molecule has 174 valence electrons. The van der Waals surface area contributed by atoms with Gasteiger partial charge in [0.2, 0.25) is 6.79 Å². The van der Waals surface area contributed by atoms with Crippen LogP contribution in [0.15, 0.2) is 66.5 Å². The molecule has 3 aliphatic heterocycles. The van der Waals surface area contributed by atoms with Crippen molar-refractivity contribution in [3.63, 3.8) is 0 Å². The van der Waals surface area contributed by atoms with Crippen molar-refractivity contribution in [3.8, 4) is 11.5 Å². The minimum absolute atomic E-state index is 0.0709. The predicted octanol–water partition coefficient (Wildman–Crippen LogP) is 4.01. The Bertz CT molecular complexity index is 1260. The summed E-state index contributed by atoms with van der Waals surface area (Å²) < 4.78 is 26.1. The van der Waals surface area contributed by atoms with Gasteiger partial charge in [0.1, 0.15) is 11.6 Å². The number of amides is 2. The fourth-order valence-electron chi connectivity index (χ4n) is 4.79. The molecule has 1 atom stereocenters. The van der Waals surface area contributed by atoms with Gasteiger partial charge in [0, 0.05) is 43.6 Å². The van der Waals surface area contributed by atoms with Crippen LogP contribution in [-0.4, -0.2) is 53.7 Å². The minimum Gasteiger partial charge on any atom is -0.454 e. The molecule has 1 aromatic heterocycles. The third kappa shape index (κ3) is 3.44. The number of ether oxygens (including phenoxy) is 2. The largest absolute Gasteiger partial charge is 0.454 e. The highest BCUT2D eigenvalue weighted by Crippen LogP contribution is 2.39. The first-order valence-electron chi connectivity index (χ1n) is 11.3. The number of fused-ring (bicyclic) bond motifs is 2. The van der Waals surface area contributed by atoms with Crippen LogP contribution in [0.25, 0.3) is 0 Å². The Morgan fingerprint density at radius 1 is 1.00 bits per heavy atom. The topological polar surface area (TPSA) is 63.1 Å². The highest BCUT2D eigenvalue weighted by Gasteiger charge is 2.34. The van der Waals surface area contributed by atoms with Gasteiger partial charge >= 0.3 is 6.03 Å². The van der Waals surface area contributed by atoms with Crippen molar-refractivity contribution in [2.45, 2.75) is 13.0 Å². The van der Waals surface area contributed by atoms with Gasteiger partial charge in [0.25, 0.3) is 0 Å². The third-order valence-electron chi connectivity index (χ3n) is 6.57. The molecule has 1 unspecified atom stereocenters. The van der Waals surface area contributed by atoms with Gasteiger partial charge in [-0.3, -0.25) is 4.90 Å². The highest BCUT2D eigenvalue weighted by atomic mass is 19.1. The molecule has 3 aliphatic rings. The number of allylic oxidation sites excluding steroid dienone is 2. The minimum atomic E-state index is -0.249. The predicted molar refractivity (Wildman–Crippen MR) is 125 cm³/mol. The molecule has 1 saturated heterocycles. The molecule has 0 aliphatic carbocycles. The second-order valence-electron chi connectivity index (χ2n) is 8.57. The number of hydrogen-bond acceptors (Lipinski definition) is 5. The first-order valence-corrected chi connectivity index (χ1v) is 11.3. The number of piperazine rings is 1. The van der Waals surface area contributed by atoms with E-state index < -0.39 is 0 Å². The van der Waals surface area contributed by atoms with Crippen LogP contribution >= 0.6 is 0 Å². The second-order valence-corrected chi connectivity index (χ2v) is 8.57. The molecule has 4 heterocycles. The number of nitrogens with zero attached hydrogens (tertiary/aromatic N) is 5.